The van der Waals surface area contributed by atoms with Gasteiger partial charge in [-0.1, -0.05) is 48.5 Å². The number of hydrogen-bond donors (Lipinski definition) is 1. The molecule has 0 aliphatic heterocycles. The van der Waals surface area contributed by atoms with Crippen LogP contribution in [0.4, 0.5) is 0 Å². The van der Waals surface area contributed by atoms with Crippen molar-refractivity contribution in [3.8, 4) is 11.1 Å². The molecule has 0 spiro atoms. The summed E-state index contributed by atoms with van der Waals surface area (Å²) in [7, 11) is 2.14. The first-order valence-electron chi connectivity index (χ1n) is 9.28. The Hall–Kier alpha value is -3.52. The van der Waals surface area contributed by atoms with Crippen LogP contribution in [-0.4, -0.2) is 9.55 Å². The topological polar surface area (TPSA) is 20.7 Å². The molecule has 27 heavy (non-hydrogen) atoms. The molecule has 0 atom stereocenters. The van der Waals surface area contributed by atoms with Crippen molar-refractivity contribution < 1.29 is 0 Å². The lowest BCUT2D eigenvalue weighted by Crippen LogP contribution is -1.86. The molecule has 6 rings (SSSR count). The molecular weight excluding hydrogens is 328 g/mol. The number of rotatable bonds is 1. The number of H-pyrrole nitrogens is 1. The third-order valence-corrected chi connectivity index (χ3v) is 5.75. The zero-order valence-electron chi connectivity index (χ0n) is 15.0. The van der Waals surface area contributed by atoms with Crippen molar-refractivity contribution in [2.75, 3.05) is 0 Å². The van der Waals surface area contributed by atoms with Crippen molar-refractivity contribution in [3.05, 3.63) is 84.9 Å². The lowest BCUT2D eigenvalue weighted by Gasteiger charge is -2.04. The highest BCUT2D eigenvalue weighted by Gasteiger charge is 2.10. The van der Waals surface area contributed by atoms with Gasteiger partial charge in [-0.15, -0.1) is 0 Å². The van der Waals surface area contributed by atoms with E-state index in [1.165, 1.54) is 54.7 Å². The second-order valence-corrected chi connectivity index (χ2v) is 7.24. The maximum atomic E-state index is 3.51. The molecule has 0 saturated heterocycles. The summed E-state index contributed by atoms with van der Waals surface area (Å²) < 4.78 is 2.28. The standard InChI is InChI=1S/C25H18N2/c1-27-24-9-5-3-7-19(24)21-15-17(11-13-25(21)27)16-10-12-23-20(14-16)18-6-2-4-8-22(18)26-23/h2-15,26H,1H3. The van der Waals surface area contributed by atoms with Gasteiger partial charge in [0.2, 0.25) is 0 Å². The van der Waals surface area contributed by atoms with Gasteiger partial charge >= 0.3 is 0 Å². The quantitative estimate of drug-likeness (QED) is 0.345. The smallest absolute Gasteiger partial charge is 0.0489 e. The molecule has 0 aliphatic carbocycles. The molecule has 0 fully saturated rings. The number of benzene rings is 4. The van der Waals surface area contributed by atoms with Crippen LogP contribution in [0.25, 0.3) is 54.7 Å². The largest absolute Gasteiger partial charge is 0.355 e. The Balaban J connectivity index is 1.62. The predicted molar refractivity (Wildman–Crippen MR) is 115 cm³/mol. The molecule has 4 aromatic carbocycles. The third kappa shape index (κ3) is 2.01. The number of aryl methyl sites for hydroxylation is 1. The first-order valence-corrected chi connectivity index (χ1v) is 9.28. The molecular formula is C25H18N2. The van der Waals surface area contributed by atoms with E-state index in [9.17, 15) is 0 Å². The van der Waals surface area contributed by atoms with Crippen molar-refractivity contribution >= 4 is 43.6 Å². The minimum absolute atomic E-state index is 1.19. The molecule has 0 bridgehead atoms. The fourth-order valence-corrected chi connectivity index (χ4v) is 4.38. The Morgan fingerprint density at radius 3 is 2.07 bits per heavy atom. The maximum absolute atomic E-state index is 3.51. The first kappa shape index (κ1) is 14.6. The van der Waals surface area contributed by atoms with Crippen molar-refractivity contribution in [1.29, 1.82) is 0 Å². The molecule has 2 heterocycles. The van der Waals surface area contributed by atoms with E-state index in [0.717, 1.165) is 0 Å². The molecule has 2 heteroatoms. The summed E-state index contributed by atoms with van der Waals surface area (Å²) in [4.78, 5) is 3.51. The lowest BCUT2D eigenvalue weighted by molar-refractivity contribution is 1.01. The van der Waals surface area contributed by atoms with Gasteiger partial charge in [-0.2, -0.15) is 0 Å². The Kier molecular flexibility index (Phi) is 2.84. The number of para-hydroxylation sites is 2. The molecule has 0 amide bonds. The summed E-state index contributed by atoms with van der Waals surface area (Å²) in [5.41, 5.74) is 7.43. The zero-order valence-corrected chi connectivity index (χ0v) is 15.0. The van der Waals surface area contributed by atoms with E-state index in [1.54, 1.807) is 0 Å². The van der Waals surface area contributed by atoms with E-state index in [-0.39, 0.29) is 0 Å². The highest BCUT2D eigenvalue weighted by Crippen LogP contribution is 2.34. The second kappa shape index (κ2) is 5.24. The Morgan fingerprint density at radius 2 is 1.19 bits per heavy atom. The monoisotopic (exact) mass is 346 g/mol. The Bertz CT molecular complexity index is 1480. The van der Waals surface area contributed by atoms with Gasteiger partial charge in [0.25, 0.3) is 0 Å². The van der Waals surface area contributed by atoms with Crippen molar-refractivity contribution in [2.45, 2.75) is 0 Å². The predicted octanol–water partition coefficient (Wildman–Crippen LogP) is 6.63. The summed E-state index contributed by atoms with van der Waals surface area (Å²) >= 11 is 0. The summed E-state index contributed by atoms with van der Waals surface area (Å²) in [5, 5.41) is 5.18. The van der Waals surface area contributed by atoms with E-state index in [2.05, 4.69) is 102 Å². The normalized spacial score (nSPS) is 11.9. The average molecular weight is 346 g/mol. The minimum Gasteiger partial charge on any atom is -0.355 e. The fourth-order valence-electron chi connectivity index (χ4n) is 4.38. The van der Waals surface area contributed by atoms with Crippen LogP contribution in [0.2, 0.25) is 0 Å². The highest BCUT2D eigenvalue weighted by atomic mass is 14.9. The number of aromatic nitrogens is 2. The van der Waals surface area contributed by atoms with Crippen LogP contribution in [0, 0.1) is 0 Å². The van der Waals surface area contributed by atoms with Gasteiger partial charge in [0.1, 0.15) is 0 Å². The van der Waals surface area contributed by atoms with E-state index >= 15 is 0 Å². The maximum Gasteiger partial charge on any atom is 0.0489 e. The summed E-state index contributed by atoms with van der Waals surface area (Å²) in [6, 6.07) is 30.6. The molecule has 2 nitrogen and oxygen atoms in total. The number of fused-ring (bicyclic) bond motifs is 6. The van der Waals surface area contributed by atoms with E-state index in [0.29, 0.717) is 0 Å². The van der Waals surface area contributed by atoms with E-state index in [4.69, 9.17) is 0 Å². The highest BCUT2D eigenvalue weighted by molar-refractivity contribution is 6.11. The average Bonchev–Trinajstić information content (AvgIpc) is 3.23. The molecule has 0 aliphatic rings. The van der Waals surface area contributed by atoms with Gasteiger partial charge in [-0.25, -0.2) is 0 Å². The van der Waals surface area contributed by atoms with E-state index in [1.807, 2.05) is 0 Å². The van der Waals surface area contributed by atoms with Gasteiger partial charge in [0, 0.05) is 50.7 Å². The number of nitrogens with one attached hydrogen (secondary N) is 1. The van der Waals surface area contributed by atoms with Gasteiger partial charge in [0.15, 0.2) is 0 Å². The van der Waals surface area contributed by atoms with Crippen LogP contribution in [-0.2, 0) is 7.05 Å². The van der Waals surface area contributed by atoms with Crippen LogP contribution in [0.5, 0.6) is 0 Å². The van der Waals surface area contributed by atoms with Gasteiger partial charge in [-0.05, 0) is 47.5 Å². The van der Waals surface area contributed by atoms with Gasteiger partial charge in [-0.3, -0.25) is 0 Å². The summed E-state index contributed by atoms with van der Waals surface area (Å²) in [5.74, 6) is 0. The van der Waals surface area contributed by atoms with Crippen LogP contribution in [0.15, 0.2) is 84.9 Å². The molecule has 0 radical (unpaired) electrons. The molecule has 0 unspecified atom stereocenters. The van der Waals surface area contributed by atoms with E-state index < -0.39 is 0 Å². The third-order valence-electron chi connectivity index (χ3n) is 5.75. The molecule has 128 valence electrons. The summed E-state index contributed by atoms with van der Waals surface area (Å²) in [6.45, 7) is 0. The molecule has 6 aromatic rings. The van der Waals surface area contributed by atoms with Crippen LogP contribution >= 0.6 is 0 Å². The van der Waals surface area contributed by atoms with Gasteiger partial charge < -0.3 is 9.55 Å². The number of aromatic amines is 1. The molecule has 0 saturated carbocycles. The Labute approximate surface area is 156 Å². The second-order valence-electron chi connectivity index (χ2n) is 7.24. The molecule has 2 aromatic heterocycles. The fraction of sp³-hybridized carbons (Fsp3) is 0.0400. The molecule has 1 N–H and O–H groups in total. The van der Waals surface area contributed by atoms with Crippen LogP contribution < -0.4 is 0 Å². The number of nitrogens with zero attached hydrogens (tertiary/aromatic N) is 1. The number of hydrogen-bond acceptors (Lipinski definition) is 0. The van der Waals surface area contributed by atoms with Crippen molar-refractivity contribution in [1.82, 2.24) is 9.55 Å². The van der Waals surface area contributed by atoms with Gasteiger partial charge in [0.05, 0.1) is 0 Å². The van der Waals surface area contributed by atoms with Crippen molar-refractivity contribution in [2.24, 2.45) is 7.05 Å². The van der Waals surface area contributed by atoms with Crippen molar-refractivity contribution in [3.63, 3.8) is 0 Å². The first-order chi connectivity index (χ1) is 13.3. The summed E-state index contributed by atoms with van der Waals surface area (Å²) in [6.07, 6.45) is 0. The lowest BCUT2D eigenvalue weighted by atomic mass is 10.0. The van der Waals surface area contributed by atoms with Crippen LogP contribution in [0.3, 0.4) is 0 Å². The Morgan fingerprint density at radius 1 is 0.556 bits per heavy atom. The zero-order chi connectivity index (χ0) is 18.0. The van der Waals surface area contributed by atoms with Crippen LogP contribution in [0.1, 0.15) is 0 Å². The minimum atomic E-state index is 1.19. The SMILES string of the molecule is Cn1c2ccccc2c2cc(-c3ccc4[nH]c5ccccc5c4c3)ccc21.